The molecule has 7 heteroatoms. The minimum atomic E-state index is -1.18. The lowest BCUT2D eigenvalue weighted by Crippen LogP contribution is -2.14. The number of rotatable bonds is 6. The van der Waals surface area contributed by atoms with Crippen LogP contribution in [0.3, 0.4) is 0 Å². The van der Waals surface area contributed by atoms with Gasteiger partial charge in [0, 0.05) is 17.7 Å². The van der Waals surface area contributed by atoms with Gasteiger partial charge in [-0.25, -0.2) is 4.79 Å². The first-order chi connectivity index (χ1) is 14.6. The summed E-state index contributed by atoms with van der Waals surface area (Å²) in [7, 11) is 0. The molecule has 1 aromatic heterocycles. The average Bonchev–Trinajstić information content (AvgIpc) is 3.26. The molecule has 1 amide bonds. The van der Waals surface area contributed by atoms with Gasteiger partial charge < -0.3 is 19.7 Å². The SMILES string of the molecule is O=C(Nc1cc(Oc2ccccc2)ccc1C(=O)O)c1cc(-c2ccccc2)no1. The van der Waals surface area contributed by atoms with Crippen LogP contribution < -0.4 is 10.1 Å². The number of hydrogen-bond acceptors (Lipinski definition) is 5. The standard InChI is InChI=1S/C23H16N2O5/c26-22(21-14-19(25-30-21)15-7-3-1-4-8-15)24-20-13-17(11-12-18(20)23(27)28)29-16-9-5-2-6-10-16/h1-14H,(H,24,26)(H,27,28). The Hall–Kier alpha value is -4.39. The first-order valence-corrected chi connectivity index (χ1v) is 9.04. The maximum absolute atomic E-state index is 12.6. The second-order valence-electron chi connectivity index (χ2n) is 6.32. The number of benzene rings is 3. The number of para-hydroxylation sites is 1. The molecule has 0 aliphatic heterocycles. The summed E-state index contributed by atoms with van der Waals surface area (Å²) in [5, 5.41) is 15.9. The summed E-state index contributed by atoms with van der Waals surface area (Å²) in [6.45, 7) is 0. The number of nitrogens with zero attached hydrogens (tertiary/aromatic N) is 1. The maximum atomic E-state index is 12.6. The van der Waals surface area contributed by atoms with Gasteiger partial charge in [-0.1, -0.05) is 53.7 Å². The lowest BCUT2D eigenvalue weighted by Gasteiger charge is -2.11. The molecule has 3 aromatic carbocycles. The molecule has 0 bridgehead atoms. The highest BCUT2D eigenvalue weighted by molar-refractivity contribution is 6.06. The van der Waals surface area contributed by atoms with E-state index >= 15 is 0 Å². The quantitative estimate of drug-likeness (QED) is 0.468. The Labute approximate surface area is 171 Å². The first kappa shape index (κ1) is 18.9. The molecule has 0 spiro atoms. The van der Waals surface area contributed by atoms with Crippen molar-refractivity contribution in [1.82, 2.24) is 5.16 Å². The molecular formula is C23H16N2O5. The number of carbonyl (C=O) groups is 2. The molecule has 4 rings (SSSR count). The number of aromatic carboxylic acids is 1. The molecule has 0 saturated heterocycles. The van der Waals surface area contributed by atoms with Crippen molar-refractivity contribution < 1.29 is 24.0 Å². The Kier molecular flexibility index (Phi) is 5.25. The second-order valence-corrected chi connectivity index (χ2v) is 6.32. The molecule has 2 N–H and O–H groups in total. The third kappa shape index (κ3) is 4.20. The Balaban J connectivity index is 1.58. The van der Waals surface area contributed by atoms with Crippen molar-refractivity contribution in [3.05, 3.63) is 96.3 Å². The van der Waals surface area contributed by atoms with Crippen molar-refractivity contribution in [3.63, 3.8) is 0 Å². The van der Waals surface area contributed by atoms with Gasteiger partial charge in [0.2, 0.25) is 5.76 Å². The summed E-state index contributed by atoms with van der Waals surface area (Å²) in [4.78, 5) is 24.2. The van der Waals surface area contributed by atoms with Gasteiger partial charge in [-0.05, 0) is 24.3 Å². The van der Waals surface area contributed by atoms with Crippen LogP contribution in [0, 0.1) is 0 Å². The Bertz CT molecular complexity index is 1190. The van der Waals surface area contributed by atoms with Crippen molar-refractivity contribution in [2.45, 2.75) is 0 Å². The van der Waals surface area contributed by atoms with Gasteiger partial charge in [-0.3, -0.25) is 4.79 Å². The van der Waals surface area contributed by atoms with Crippen LogP contribution in [0.2, 0.25) is 0 Å². The average molecular weight is 400 g/mol. The lowest BCUT2D eigenvalue weighted by atomic mass is 10.1. The summed E-state index contributed by atoms with van der Waals surface area (Å²) >= 11 is 0. The van der Waals surface area contributed by atoms with Gasteiger partial charge in [-0.15, -0.1) is 0 Å². The first-order valence-electron chi connectivity index (χ1n) is 9.04. The molecule has 0 atom stereocenters. The Morgan fingerprint density at radius 3 is 2.27 bits per heavy atom. The third-order valence-corrected chi connectivity index (χ3v) is 4.25. The Morgan fingerprint density at radius 1 is 0.867 bits per heavy atom. The highest BCUT2D eigenvalue weighted by Gasteiger charge is 2.18. The van der Waals surface area contributed by atoms with Crippen LogP contribution in [0.1, 0.15) is 20.9 Å². The van der Waals surface area contributed by atoms with E-state index < -0.39 is 11.9 Å². The van der Waals surface area contributed by atoms with Gasteiger partial charge in [-0.2, -0.15) is 0 Å². The number of anilines is 1. The predicted molar refractivity (Wildman–Crippen MR) is 110 cm³/mol. The summed E-state index contributed by atoms with van der Waals surface area (Å²) in [6, 6.07) is 24.1. The van der Waals surface area contributed by atoms with Crippen molar-refractivity contribution in [1.29, 1.82) is 0 Å². The second kappa shape index (κ2) is 8.32. The minimum absolute atomic E-state index is 0.0421. The molecule has 0 radical (unpaired) electrons. The van der Waals surface area contributed by atoms with Crippen LogP contribution >= 0.6 is 0 Å². The number of amides is 1. The van der Waals surface area contributed by atoms with Crippen LogP contribution in [-0.2, 0) is 0 Å². The fourth-order valence-electron chi connectivity index (χ4n) is 2.81. The van der Waals surface area contributed by atoms with Crippen molar-refractivity contribution in [2.24, 2.45) is 0 Å². The fraction of sp³-hybridized carbons (Fsp3) is 0. The molecule has 1 heterocycles. The van der Waals surface area contributed by atoms with E-state index in [2.05, 4.69) is 10.5 Å². The van der Waals surface area contributed by atoms with E-state index in [1.807, 2.05) is 48.5 Å². The van der Waals surface area contributed by atoms with Gasteiger partial charge in [0.15, 0.2) is 0 Å². The van der Waals surface area contributed by atoms with E-state index in [9.17, 15) is 14.7 Å². The highest BCUT2D eigenvalue weighted by atomic mass is 16.5. The molecule has 7 nitrogen and oxygen atoms in total. The molecule has 4 aromatic rings. The van der Waals surface area contributed by atoms with Crippen molar-refractivity contribution >= 4 is 17.6 Å². The number of hydrogen-bond donors (Lipinski definition) is 2. The van der Waals surface area contributed by atoms with E-state index in [0.29, 0.717) is 17.2 Å². The number of carboxylic acids is 1. The van der Waals surface area contributed by atoms with Crippen LogP contribution in [0.5, 0.6) is 11.5 Å². The van der Waals surface area contributed by atoms with E-state index in [0.717, 1.165) is 5.56 Å². The topological polar surface area (TPSA) is 102 Å². The van der Waals surface area contributed by atoms with E-state index in [-0.39, 0.29) is 17.0 Å². The summed E-state index contributed by atoms with van der Waals surface area (Å²) in [6.07, 6.45) is 0. The molecule has 0 fully saturated rings. The summed E-state index contributed by atoms with van der Waals surface area (Å²) in [5.74, 6) is -0.882. The smallest absolute Gasteiger partial charge is 0.337 e. The van der Waals surface area contributed by atoms with Gasteiger partial charge in [0.1, 0.15) is 17.2 Å². The number of carbonyl (C=O) groups excluding carboxylic acids is 1. The molecule has 0 aliphatic rings. The van der Waals surface area contributed by atoms with E-state index in [1.165, 1.54) is 24.3 Å². The normalized spacial score (nSPS) is 10.4. The zero-order chi connectivity index (χ0) is 20.9. The molecule has 30 heavy (non-hydrogen) atoms. The molecule has 0 unspecified atom stereocenters. The number of aromatic nitrogens is 1. The zero-order valence-corrected chi connectivity index (χ0v) is 15.6. The van der Waals surface area contributed by atoms with Crippen LogP contribution in [0.15, 0.2) is 89.5 Å². The monoisotopic (exact) mass is 400 g/mol. The molecule has 0 saturated carbocycles. The predicted octanol–water partition coefficient (Wildman–Crippen LogP) is 5.08. The summed E-state index contributed by atoms with van der Waals surface area (Å²) < 4.78 is 10.9. The fourth-order valence-corrected chi connectivity index (χ4v) is 2.81. The van der Waals surface area contributed by atoms with Crippen LogP contribution in [-0.4, -0.2) is 22.1 Å². The lowest BCUT2D eigenvalue weighted by molar-refractivity contribution is 0.0698. The highest BCUT2D eigenvalue weighted by Crippen LogP contribution is 2.28. The number of nitrogens with one attached hydrogen (secondary N) is 1. The number of ether oxygens (including phenoxy) is 1. The zero-order valence-electron chi connectivity index (χ0n) is 15.6. The Morgan fingerprint density at radius 2 is 1.57 bits per heavy atom. The summed E-state index contributed by atoms with van der Waals surface area (Å²) in [5.41, 5.74) is 1.30. The van der Waals surface area contributed by atoms with Crippen molar-refractivity contribution in [2.75, 3.05) is 5.32 Å². The largest absolute Gasteiger partial charge is 0.478 e. The molecule has 148 valence electrons. The van der Waals surface area contributed by atoms with Crippen molar-refractivity contribution in [3.8, 4) is 22.8 Å². The molecule has 0 aliphatic carbocycles. The van der Waals surface area contributed by atoms with Gasteiger partial charge in [0.05, 0.1) is 11.3 Å². The third-order valence-electron chi connectivity index (χ3n) is 4.25. The van der Waals surface area contributed by atoms with Crippen LogP contribution in [0.25, 0.3) is 11.3 Å². The minimum Gasteiger partial charge on any atom is -0.478 e. The maximum Gasteiger partial charge on any atom is 0.337 e. The van der Waals surface area contributed by atoms with Gasteiger partial charge >= 0.3 is 5.97 Å². The van der Waals surface area contributed by atoms with E-state index in [1.54, 1.807) is 12.1 Å². The van der Waals surface area contributed by atoms with Crippen LogP contribution in [0.4, 0.5) is 5.69 Å². The van der Waals surface area contributed by atoms with Gasteiger partial charge in [0.25, 0.3) is 5.91 Å². The number of carboxylic acid groups (broad SMARTS) is 1. The molecular weight excluding hydrogens is 384 g/mol. The van der Waals surface area contributed by atoms with E-state index in [4.69, 9.17) is 9.26 Å².